The zero-order valence-corrected chi connectivity index (χ0v) is 24.8. The smallest absolute Gasteiger partial charge is 0.410 e. The topological polar surface area (TPSA) is 67.2 Å². The number of imidazole rings is 1. The van der Waals surface area contributed by atoms with Gasteiger partial charge in [0.15, 0.2) is 19.7 Å². The second-order valence-corrected chi connectivity index (χ2v) is 17.7. The maximum atomic E-state index is 14.0. The van der Waals surface area contributed by atoms with Gasteiger partial charge in [0.2, 0.25) is 5.91 Å². The van der Waals surface area contributed by atoms with Crippen LogP contribution in [0, 0.1) is 0 Å². The lowest BCUT2D eigenvalue weighted by molar-refractivity contribution is -0.136. The number of pyridine rings is 1. The van der Waals surface area contributed by atoms with Crippen molar-refractivity contribution in [1.82, 2.24) is 19.2 Å². The van der Waals surface area contributed by atoms with E-state index in [9.17, 15) is 22.8 Å². The van der Waals surface area contributed by atoms with Crippen LogP contribution in [0.2, 0.25) is 23.3 Å². The summed E-state index contributed by atoms with van der Waals surface area (Å²) in [6, 6.07) is 0.972. The Morgan fingerprint density at radius 3 is 2.41 bits per heavy atom. The lowest BCUT2D eigenvalue weighted by Crippen LogP contribution is -2.60. The molecule has 214 valence electrons. The van der Waals surface area contributed by atoms with Crippen LogP contribution in [-0.2, 0) is 15.4 Å². The molecule has 2 amide bonds. The van der Waals surface area contributed by atoms with Crippen LogP contribution in [0.25, 0.3) is 5.65 Å². The highest BCUT2D eigenvalue weighted by molar-refractivity contribution is 6.74. The number of nitrogens with zero attached hydrogens (tertiary/aromatic N) is 4. The molecule has 2 atom stereocenters. The first-order valence-electron chi connectivity index (χ1n) is 13.6. The predicted octanol–water partition coefficient (Wildman–Crippen LogP) is 6.11. The molecule has 2 aromatic heterocycles. The van der Waals surface area contributed by atoms with Gasteiger partial charge in [-0.1, -0.05) is 32.4 Å². The number of rotatable bonds is 5. The number of carbonyl (C=O) groups is 2. The van der Waals surface area contributed by atoms with Gasteiger partial charge in [-0.05, 0) is 61.4 Å². The molecule has 2 aromatic rings. The number of amides is 2. The van der Waals surface area contributed by atoms with Gasteiger partial charge in [-0.3, -0.25) is 14.0 Å². The minimum Gasteiger partial charge on any atom is -0.410 e. The molecule has 1 aliphatic carbocycles. The highest BCUT2D eigenvalue weighted by Gasteiger charge is 2.46. The van der Waals surface area contributed by atoms with Crippen molar-refractivity contribution >= 4 is 37.4 Å². The van der Waals surface area contributed by atoms with E-state index in [0.29, 0.717) is 31.5 Å². The second kappa shape index (κ2) is 9.76. The van der Waals surface area contributed by atoms with Gasteiger partial charge >= 0.3 is 6.18 Å². The summed E-state index contributed by atoms with van der Waals surface area (Å²) in [5.74, 6) is -0.369. The average molecular weight is 585 g/mol. The molecule has 0 spiro atoms. The summed E-state index contributed by atoms with van der Waals surface area (Å²) in [6.07, 6.45) is -0.00251. The molecule has 1 saturated carbocycles. The van der Waals surface area contributed by atoms with E-state index in [0.717, 1.165) is 25.3 Å². The van der Waals surface area contributed by atoms with Crippen molar-refractivity contribution in [3.05, 3.63) is 34.2 Å². The Kier molecular flexibility index (Phi) is 7.11. The van der Waals surface area contributed by atoms with E-state index in [1.54, 1.807) is 11.1 Å². The number of fused-ring (bicyclic) bond motifs is 1. The number of hydrogen-bond donors (Lipinski definition) is 0. The van der Waals surface area contributed by atoms with Crippen LogP contribution >= 0.6 is 11.6 Å². The highest BCUT2D eigenvalue weighted by atomic mass is 35.5. The Balaban J connectivity index is 1.47. The van der Waals surface area contributed by atoms with E-state index in [2.05, 4.69) is 38.8 Å². The fraction of sp³-hybridized carbons (Fsp3) is 0.667. The van der Waals surface area contributed by atoms with Gasteiger partial charge in [-0.2, -0.15) is 13.2 Å². The lowest BCUT2D eigenvalue weighted by Gasteiger charge is -2.47. The summed E-state index contributed by atoms with van der Waals surface area (Å²) in [4.78, 5) is 34.0. The second-order valence-electron chi connectivity index (χ2n) is 12.6. The molecule has 0 N–H and O–H groups in total. The van der Waals surface area contributed by atoms with E-state index >= 15 is 0 Å². The molecule has 12 heteroatoms. The monoisotopic (exact) mass is 584 g/mol. The number of piperidine rings is 1. The Hall–Kier alpha value is -2.11. The van der Waals surface area contributed by atoms with Crippen LogP contribution in [0.1, 0.15) is 80.4 Å². The summed E-state index contributed by atoms with van der Waals surface area (Å²) in [6.45, 7) is 11.9. The van der Waals surface area contributed by atoms with E-state index in [4.69, 9.17) is 16.0 Å². The molecule has 7 nitrogen and oxygen atoms in total. The van der Waals surface area contributed by atoms with Crippen molar-refractivity contribution in [2.45, 2.75) is 95.2 Å². The summed E-state index contributed by atoms with van der Waals surface area (Å²) in [5.41, 5.74) is -0.908. The number of likely N-dealkylation sites (tertiary alicyclic amines) is 2. The van der Waals surface area contributed by atoms with Crippen molar-refractivity contribution in [3.8, 4) is 0 Å². The summed E-state index contributed by atoms with van der Waals surface area (Å²) in [7, 11) is -2.27. The first kappa shape index (κ1) is 28.4. The summed E-state index contributed by atoms with van der Waals surface area (Å²) < 4.78 is 49.9. The van der Waals surface area contributed by atoms with Gasteiger partial charge in [0.05, 0.1) is 17.7 Å². The third kappa shape index (κ3) is 5.34. The largest absolute Gasteiger partial charge is 0.419 e. The molecule has 0 unspecified atom stereocenters. The Labute approximate surface area is 232 Å². The van der Waals surface area contributed by atoms with Gasteiger partial charge in [-0.25, -0.2) is 4.98 Å². The summed E-state index contributed by atoms with van der Waals surface area (Å²) in [5, 5.41) is -0.210. The van der Waals surface area contributed by atoms with Crippen molar-refractivity contribution in [1.29, 1.82) is 0 Å². The van der Waals surface area contributed by atoms with Gasteiger partial charge < -0.3 is 14.2 Å². The molecule has 3 aliphatic rings. The van der Waals surface area contributed by atoms with Crippen molar-refractivity contribution < 1.29 is 27.2 Å². The van der Waals surface area contributed by atoms with Crippen LogP contribution in [0.3, 0.4) is 0 Å². The molecule has 0 radical (unpaired) electrons. The number of aromatic nitrogens is 2. The van der Waals surface area contributed by atoms with Crippen molar-refractivity contribution in [2.75, 3.05) is 19.6 Å². The molecular formula is C27H36ClF3N4O3Si. The Morgan fingerprint density at radius 2 is 1.85 bits per heavy atom. The molecule has 2 saturated heterocycles. The molecular weight excluding hydrogens is 549 g/mol. The fourth-order valence-corrected chi connectivity index (χ4v) is 7.00. The SMILES string of the molecule is CC(C)(C)[Si](C)(C)O[C@H]1CN(C(=O)c2nc3c(C(F)(F)F)cc(C4CC4)cn3c2Cl)CC[C@H]1N1CCCC1=O. The number of carbonyl (C=O) groups excluding carboxylic acids is 2. The third-order valence-corrected chi connectivity index (χ3v) is 13.7. The quantitative estimate of drug-likeness (QED) is 0.398. The zero-order chi connectivity index (χ0) is 28.5. The van der Waals surface area contributed by atoms with Gasteiger partial charge in [0.25, 0.3) is 5.91 Å². The molecule has 0 bridgehead atoms. The summed E-state index contributed by atoms with van der Waals surface area (Å²) >= 11 is 6.55. The molecule has 0 aromatic carbocycles. The van der Waals surface area contributed by atoms with Crippen LogP contribution in [0.15, 0.2) is 12.3 Å². The highest BCUT2D eigenvalue weighted by Crippen LogP contribution is 2.44. The maximum Gasteiger partial charge on any atom is 0.419 e. The van der Waals surface area contributed by atoms with Crippen LogP contribution in [-0.4, -0.2) is 71.1 Å². The fourth-order valence-electron chi connectivity index (χ4n) is 5.41. The van der Waals surface area contributed by atoms with Crippen LogP contribution in [0.5, 0.6) is 0 Å². The number of alkyl halides is 3. The minimum atomic E-state index is -4.64. The van der Waals surface area contributed by atoms with Crippen LogP contribution in [0.4, 0.5) is 13.2 Å². The van der Waals surface area contributed by atoms with Gasteiger partial charge in [0, 0.05) is 32.3 Å². The molecule has 3 fully saturated rings. The third-order valence-electron chi connectivity index (χ3n) is 8.81. The first-order chi connectivity index (χ1) is 18.1. The number of halogens is 4. The van der Waals surface area contributed by atoms with E-state index in [1.807, 2.05) is 4.90 Å². The van der Waals surface area contributed by atoms with Gasteiger partial charge in [-0.15, -0.1) is 0 Å². The van der Waals surface area contributed by atoms with Gasteiger partial charge in [0.1, 0.15) is 5.15 Å². The lowest BCUT2D eigenvalue weighted by atomic mass is 10.00. The van der Waals surface area contributed by atoms with Crippen molar-refractivity contribution in [2.24, 2.45) is 0 Å². The molecule has 39 heavy (non-hydrogen) atoms. The molecule has 5 rings (SSSR count). The van der Waals surface area contributed by atoms with E-state index < -0.39 is 32.1 Å². The zero-order valence-electron chi connectivity index (χ0n) is 23.1. The Bertz CT molecular complexity index is 1300. The molecule has 4 heterocycles. The standard InChI is InChI=1S/C27H36ClF3N4O3Si/c1-26(2,3)39(4,5)38-20-15-33(12-10-19(20)34-11-6-7-21(34)36)25(37)22-23(28)35-14-17(16-8-9-16)13-18(24(35)32-22)27(29,30)31/h13-14,16,19-20H,6-12,15H2,1-5H3/t19-,20+/m1/s1. The van der Waals surface area contributed by atoms with E-state index in [1.165, 1.54) is 4.40 Å². The minimum absolute atomic E-state index is 0.0636. The van der Waals surface area contributed by atoms with Crippen LogP contribution < -0.4 is 0 Å². The van der Waals surface area contributed by atoms with Crippen molar-refractivity contribution in [3.63, 3.8) is 0 Å². The van der Waals surface area contributed by atoms with E-state index in [-0.39, 0.29) is 45.9 Å². The first-order valence-corrected chi connectivity index (χ1v) is 16.9. The predicted molar refractivity (Wildman–Crippen MR) is 145 cm³/mol. The average Bonchev–Trinajstić information content (AvgIpc) is 3.52. The maximum absolute atomic E-state index is 14.0. The molecule has 2 aliphatic heterocycles. The Morgan fingerprint density at radius 1 is 1.15 bits per heavy atom. The normalized spacial score (nSPS) is 23.3. The number of hydrogen-bond acceptors (Lipinski definition) is 4.